The maximum Gasteiger partial charge on any atom is 0.320 e. The lowest BCUT2D eigenvalue weighted by atomic mass is 10.3. The lowest BCUT2D eigenvalue weighted by molar-refractivity contribution is -0.144. The molecule has 0 bridgehead atoms. The van der Waals surface area contributed by atoms with E-state index in [2.05, 4.69) is 0 Å². The number of hydrogen-bond donors (Lipinski definition) is 1. The van der Waals surface area contributed by atoms with Gasteiger partial charge < -0.3 is 9.84 Å². The average Bonchev–Trinajstić information content (AvgIpc) is 2.05. The number of aliphatic hydroxyl groups is 1. The zero-order valence-corrected chi connectivity index (χ0v) is 8.45. The molecule has 0 radical (unpaired) electrons. The predicted molar refractivity (Wildman–Crippen MR) is 50.4 cm³/mol. The van der Waals surface area contributed by atoms with Crippen molar-refractivity contribution in [1.29, 1.82) is 0 Å². The van der Waals surface area contributed by atoms with Crippen molar-refractivity contribution in [2.75, 3.05) is 33.4 Å². The van der Waals surface area contributed by atoms with Crippen LogP contribution in [-0.2, 0) is 9.53 Å². The highest BCUT2D eigenvalue weighted by Crippen LogP contribution is 1.92. The number of likely N-dealkylation sites (N-methyl/N-ethyl adjacent to an activating group) is 1. The Hall–Kier alpha value is -0.610. The van der Waals surface area contributed by atoms with E-state index in [-0.39, 0.29) is 12.6 Å². The van der Waals surface area contributed by atoms with Crippen LogP contribution in [0.4, 0.5) is 0 Å². The van der Waals surface area contributed by atoms with Gasteiger partial charge in [-0.3, -0.25) is 9.69 Å². The summed E-state index contributed by atoms with van der Waals surface area (Å²) in [5.41, 5.74) is 0. The summed E-state index contributed by atoms with van der Waals surface area (Å²) in [6.45, 7) is 3.60. The number of esters is 1. The van der Waals surface area contributed by atoms with E-state index in [0.717, 1.165) is 19.4 Å². The van der Waals surface area contributed by atoms with E-state index in [1.54, 1.807) is 6.92 Å². The van der Waals surface area contributed by atoms with E-state index in [0.29, 0.717) is 13.2 Å². The van der Waals surface area contributed by atoms with Crippen LogP contribution in [0.5, 0.6) is 0 Å². The quantitative estimate of drug-likeness (QED) is 0.461. The monoisotopic (exact) mass is 189 g/mol. The van der Waals surface area contributed by atoms with Gasteiger partial charge in [0.15, 0.2) is 0 Å². The lowest BCUT2D eigenvalue weighted by Gasteiger charge is -2.14. The molecule has 13 heavy (non-hydrogen) atoms. The van der Waals surface area contributed by atoms with Crippen LogP contribution in [0.3, 0.4) is 0 Å². The number of unbranched alkanes of at least 4 members (excludes halogenated alkanes) is 1. The summed E-state index contributed by atoms with van der Waals surface area (Å²) in [6.07, 6.45) is 1.69. The molecule has 4 nitrogen and oxygen atoms in total. The molecule has 0 aromatic heterocycles. The van der Waals surface area contributed by atoms with Gasteiger partial charge in [0, 0.05) is 6.61 Å². The van der Waals surface area contributed by atoms with Gasteiger partial charge in [0.25, 0.3) is 0 Å². The highest BCUT2D eigenvalue weighted by atomic mass is 16.5. The Kier molecular flexibility index (Phi) is 7.63. The second-order valence-electron chi connectivity index (χ2n) is 2.97. The second kappa shape index (κ2) is 8.01. The van der Waals surface area contributed by atoms with Gasteiger partial charge in [0.05, 0.1) is 13.2 Å². The fourth-order valence-corrected chi connectivity index (χ4v) is 1.000. The summed E-state index contributed by atoms with van der Waals surface area (Å²) in [7, 11) is 1.87. The van der Waals surface area contributed by atoms with Crippen molar-refractivity contribution < 1.29 is 14.6 Å². The number of rotatable bonds is 7. The molecule has 0 aromatic carbocycles. The predicted octanol–water partition coefficient (Wildman–Crippen LogP) is 0.254. The molecule has 0 fully saturated rings. The Morgan fingerprint density at radius 2 is 2.15 bits per heavy atom. The van der Waals surface area contributed by atoms with Gasteiger partial charge in [-0.05, 0) is 33.4 Å². The first-order chi connectivity index (χ1) is 6.20. The zero-order chi connectivity index (χ0) is 10.1. The number of hydrogen-bond acceptors (Lipinski definition) is 4. The van der Waals surface area contributed by atoms with Crippen LogP contribution in [0.2, 0.25) is 0 Å². The number of carbonyl (C=O) groups is 1. The van der Waals surface area contributed by atoms with Crippen LogP contribution in [0.15, 0.2) is 0 Å². The first-order valence-corrected chi connectivity index (χ1v) is 4.65. The fraction of sp³-hybridized carbons (Fsp3) is 0.889. The largest absolute Gasteiger partial charge is 0.465 e. The van der Waals surface area contributed by atoms with Gasteiger partial charge in [0.2, 0.25) is 0 Å². The van der Waals surface area contributed by atoms with Gasteiger partial charge in [0.1, 0.15) is 0 Å². The molecular weight excluding hydrogens is 170 g/mol. The molecule has 4 heteroatoms. The molecular formula is C9H19NO3. The summed E-state index contributed by atoms with van der Waals surface area (Å²) in [5.74, 6) is -0.186. The number of aliphatic hydroxyl groups excluding tert-OH is 1. The van der Waals surface area contributed by atoms with Gasteiger partial charge in [-0.1, -0.05) is 0 Å². The van der Waals surface area contributed by atoms with E-state index in [4.69, 9.17) is 9.84 Å². The van der Waals surface area contributed by atoms with Crippen LogP contribution in [0.1, 0.15) is 19.8 Å². The third-order valence-electron chi connectivity index (χ3n) is 1.65. The van der Waals surface area contributed by atoms with Crippen molar-refractivity contribution in [3.63, 3.8) is 0 Å². The molecule has 0 aliphatic carbocycles. The minimum Gasteiger partial charge on any atom is -0.465 e. The maximum atomic E-state index is 11.0. The molecule has 0 rings (SSSR count). The molecule has 0 atom stereocenters. The second-order valence-corrected chi connectivity index (χ2v) is 2.97. The Labute approximate surface area is 79.5 Å². The lowest BCUT2D eigenvalue weighted by Crippen LogP contribution is -2.28. The Balaban J connectivity index is 3.38. The van der Waals surface area contributed by atoms with E-state index in [9.17, 15) is 4.79 Å². The number of carbonyl (C=O) groups excluding carboxylic acids is 1. The number of nitrogens with zero attached hydrogens (tertiary/aromatic N) is 1. The van der Waals surface area contributed by atoms with E-state index in [1.165, 1.54) is 0 Å². The Morgan fingerprint density at radius 3 is 2.69 bits per heavy atom. The van der Waals surface area contributed by atoms with Gasteiger partial charge in [-0.25, -0.2) is 0 Å². The van der Waals surface area contributed by atoms with Crippen LogP contribution in [0, 0.1) is 0 Å². The van der Waals surface area contributed by atoms with Crippen molar-refractivity contribution in [3.8, 4) is 0 Å². The van der Waals surface area contributed by atoms with Crippen LogP contribution in [0.25, 0.3) is 0 Å². The van der Waals surface area contributed by atoms with Gasteiger partial charge in [-0.2, -0.15) is 0 Å². The average molecular weight is 189 g/mol. The summed E-state index contributed by atoms with van der Waals surface area (Å²) < 4.78 is 4.79. The van der Waals surface area contributed by atoms with Crippen molar-refractivity contribution >= 4 is 5.97 Å². The van der Waals surface area contributed by atoms with Crippen molar-refractivity contribution in [3.05, 3.63) is 0 Å². The molecule has 78 valence electrons. The van der Waals surface area contributed by atoms with Crippen LogP contribution >= 0.6 is 0 Å². The third-order valence-corrected chi connectivity index (χ3v) is 1.65. The van der Waals surface area contributed by atoms with Crippen molar-refractivity contribution in [1.82, 2.24) is 4.90 Å². The molecule has 0 aliphatic heterocycles. The zero-order valence-electron chi connectivity index (χ0n) is 8.45. The standard InChI is InChI=1S/C9H19NO3/c1-3-13-9(12)8-10(2)6-4-5-7-11/h11H,3-8H2,1-2H3. The summed E-state index contributed by atoms with van der Waals surface area (Å²) in [5, 5.41) is 8.54. The molecule has 0 saturated carbocycles. The molecule has 0 spiro atoms. The first-order valence-electron chi connectivity index (χ1n) is 4.65. The van der Waals surface area contributed by atoms with E-state index in [1.807, 2.05) is 11.9 Å². The van der Waals surface area contributed by atoms with Gasteiger partial charge >= 0.3 is 5.97 Å². The topological polar surface area (TPSA) is 49.8 Å². The highest BCUT2D eigenvalue weighted by molar-refractivity contribution is 5.71. The summed E-state index contributed by atoms with van der Waals surface area (Å²) in [6, 6.07) is 0. The first kappa shape index (κ1) is 12.4. The van der Waals surface area contributed by atoms with Crippen LogP contribution in [-0.4, -0.2) is 49.3 Å². The minimum absolute atomic E-state index is 0.186. The molecule has 0 aromatic rings. The number of ether oxygens (including phenoxy) is 1. The maximum absolute atomic E-state index is 11.0. The molecule has 0 unspecified atom stereocenters. The van der Waals surface area contributed by atoms with Crippen molar-refractivity contribution in [2.45, 2.75) is 19.8 Å². The highest BCUT2D eigenvalue weighted by Gasteiger charge is 2.05. The molecule has 1 N–H and O–H groups in total. The van der Waals surface area contributed by atoms with Crippen LogP contribution < -0.4 is 0 Å². The Morgan fingerprint density at radius 1 is 1.46 bits per heavy atom. The summed E-state index contributed by atoms with van der Waals surface area (Å²) in [4.78, 5) is 12.9. The smallest absolute Gasteiger partial charge is 0.320 e. The van der Waals surface area contributed by atoms with E-state index < -0.39 is 0 Å². The fourth-order valence-electron chi connectivity index (χ4n) is 1.000. The third kappa shape index (κ3) is 7.74. The minimum atomic E-state index is -0.186. The van der Waals surface area contributed by atoms with Crippen molar-refractivity contribution in [2.24, 2.45) is 0 Å². The Bertz CT molecular complexity index is 139. The van der Waals surface area contributed by atoms with E-state index >= 15 is 0 Å². The molecule has 0 heterocycles. The summed E-state index contributed by atoms with van der Waals surface area (Å²) >= 11 is 0. The molecule has 0 amide bonds. The molecule has 0 saturated heterocycles. The molecule has 0 aliphatic rings. The normalized spacial score (nSPS) is 10.5. The SMILES string of the molecule is CCOC(=O)CN(C)CCCCO. The van der Waals surface area contributed by atoms with Gasteiger partial charge in [-0.15, -0.1) is 0 Å².